The molecular weight excluding hydrogens is 761 g/mol. The fourth-order valence-electron chi connectivity index (χ4n) is 4.61. The monoisotopic (exact) mass is 802 g/mol. The van der Waals surface area contributed by atoms with Gasteiger partial charge >= 0.3 is 23.9 Å². The SMILES string of the molecule is NCCc1c[nH]c2c(SC[C@H](NC(=O)CC[C@H](N)C(=O)O)C(=O)NCC(=O)O)c(O)c(O)c(SC[C@@H](NC(=O)CC[C@H](N)C(=O)O)C(=O)NCC(=O)O)c12. The largest absolute Gasteiger partial charge is 0.503 e. The molecule has 1 aromatic carbocycles. The molecule has 1 aromatic heterocycles. The predicted molar refractivity (Wildman–Crippen MR) is 191 cm³/mol. The maximum absolute atomic E-state index is 12.9. The number of carboxylic acid groups (broad SMARTS) is 4. The number of hydrogen-bond acceptors (Lipinski definition) is 15. The maximum atomic E-state index is 12.9. The number of nitrogens with one attached hydrogen (secondary N) is 5. The maximum Gasteiger partial charge on any atom is 0.322 e. The Morgan fingerprint density at radius 2 is 1.13 bits per heavy atom. The van der Waals surface area contributed by atoms with Gasteiger partial charge < -0.3 is 74.1 Å². The molecule has 22 nitrogen and oxygen atoms in total. The molecule has 0 radical (unpaired) electrons. The third kappa shape index (κ3) is 13.6. The van der Waals surface area contributed by atoms with Gasteiger partial charge in [0.1, 0.15) is 37.3 Å². The van der Waals surface area contributed by atoms with Crippen LogP contribution in [0.4, 0.5) is 0 Å². The fraction of sp³-hybridized carbons (Fsp3) is 0.467. The van der Waals surface area contributed by atoms with Crippen molar-refractivity contribution in [2.24, 2.45) is 17.2 Å². The van der Waals surface area contributed by atoms with E-state index in [0.717, 1.165) is 23.5 Å². The van der Waals surface area contributed by atoms with Crippen molar-refractivity contribution in [2.45, 2.75) is 66.1 Å². The van der Waals surface area contributed by atoms with Crippen molar-refractivity contribution >= 4 is 81.9 Å². The summed E-state index contributed by atoms with van der Waals surface area (Å²) in [6.07, 6.45) is 0.423. The van der Waals surface area contributed by atoms with E-state index in [1.54, 1.807) is 0 Å². The van der Waals surface area contributed by atoms with Crippen LogP contribution in [0.5, 0.6) is 11.5 Å². The number of aliphatic carboxylic acids is 4. The number of thioether (sulfide) groups is 2. The molecule has 17 N–H and O–H groups in total. The number of aromatic amines is 1. The van der Waals surface area contributed by atoms with Crippen LogP contribution in [0.2, 0.25) is 0 Å². The van der Waals surface area contributed by atoms with E-state index in [4.69, 9.17) is 37.6 Å². The van der Waals surface area contributed by atoms with E-state index in [0.29, 0.717) is 10.9 Å². The second-order valence-electron chi connectivity index (χ2n) is 11.5. The van der Waals surface area contributed by atoms with Crippen molar-refractivity contribution in [3.8, 4) is 11.5 Å². The molecule has 24 heteroatoms. The summed E-state index contributed by atoms with van der Waals surface area (Å²) in [5.41, 5.74) is 17.4. The second kappa shape index (κ2) is 21.4. The Kier molecular flexibility index (Phi) is 17.8. The van der Waals surface area contributed by atoms with E-state index in [1.807, 2.05) is 0 Å². The van der Waals surface area contributed by atoms with Crippen LogP contribution in [0, 0.1) is 0 Å². The van der Waals surface area contributed by atoms with Gasteiger partial charge in [-0.05, 0) is 31.4 Å². The highest BCUT2D eigenvalue weighted by Gasteiger charge is 2.29. The average Bonchev–Trinajstić information content (AvgIpc) is 3.52. The normalized spacial score (nSPS) is 13.2. The molecule has 2 rings (SSSR count). The first-order chi connectivity index (χ1) is 25.4. The topological polar surface area (TPSA) is 400 Å². The molecule has 0 aliphatic carbocycles. The smallest absolute Gasteiger partial charge is 0.322 e. The van der Waals surface area contributed by atoms with E-state index in [1.165, 1.54) is 6.20 Å². The van der Waals surface area contributed by atoms with E-state index in [-0.39, 0.29) is 52.6 Å². The van der Waals surface area contributed by atoms with Gasteiger partial charge in [0.2, 0.25) is 23.6 Å². The van der Waals surface area contributed by atoms with Gasteiger partial charge in [0, 0.05) is 35.9 Å². The van der Waals surface area contributed by atoms with Crippen LogP contribution in [-0.2, 0) is 44.8 Å². The summed E-state index contributed by atoms with van der Waals surface area (Å²) in [6.45, 7) is -1.47. The Balaban J connectivity index is 2.46. The van der Waals surface area contributed by atoms with Crippen LogP contribution in [0.15, 0.2) is 16.0 Å². The van der Waals surface area contributed by atoms with Crippen LogP contribution in [0.3, 0.4) is 0 Å². The van der Waals surface area contributed by atoms with Crippen LogP contribution in [0.25, 0.3) is 10.9 Å². The molecule has 1 heterocycles. The Morgan fingerprint density at radius 3 is 1.54 bits per heavy atom. The third-order valence-corrected chi connectivity index (χ3v) is 9.78. The van der Waals surface area contributed by atoms with Crippen LogP contribution in [-0.4, -0.2) is 138 Å². The highest BCUT2D eigenvalue weighted by molar-refractivity contribution is 8.00. The molecule has 0 fully saturated rings. The lowest BCUT2D eigenvalue weighted by Gasteiger charge is -2.21. The summed E-state index contributed by atoms with van der Waals surface area (Å²) in [6, 6.07) is -5.58. The standard InChI is InChI=1S/C30H42N8O14S2/c31-6-5-12-7-34-22-21(12)25(53-10-15(27(47)35-8-19(41)42)37-17(39)3-1-13(32)29(49)50)23(45)24(46)26(22)54-11-16(28(48)36-9-20(43)44)38-18(40)4-2-14(33)30(51)52/h7,13-16,34,45-46H,1-6,8-11,31-33H2,(H,35,47)(H,36,48)(H,37,39)(H,38,40)(H,41,42)(H,43,44)(H,49,50)(H,51,52)/t13-,14-,15+,16-/m0/s1. The number of aromatic nitrogens is 1. The molecule has 0 aliphatic heterocycles. The highest BCUT2D eigenvalue weighted by atomic mass is 32.2. The first kappa shape index (κ1) is 44.9. The van der Waals surface area contributed by atoms with Crippen molar-refractivity contribution in [1.82, 2.24) is 26.3 Å². The van der Waals surface area contributed by atoms with Crippen molar-refractivity contribution in [2.75, 3.05) is 31.1 Å². The van der Waals surface area contributed by atoms with Crippen molar-refractivity contribution < 1.29 is 69.0 Å². The van der Waals surface area contributed by atoms with E-state index < -0.39 is 109 Å². The molecular formula is C30H42N8O14S2. The highest BCUT2D eigenvalue weighted by Crippen LogP contribution is 2.50. The van der Waals surface area contributed by atoms with Gasteiger partial charge in [-0.15, -0.1) is 23.5 Å². The minimum Gasteiger partial charge on any atom is -0.503 e. The molecule has 0 aliphatic rings. The number of rotatable bonds is 24. The van der Waals surface area contributed by atoms with Crippen molar-refractivity contribution in [3.63, 3.8) is 0 Å². The zero-order valence-electron chi connectivity index (χ0n) is 28.5. The molecule has 4 amide bonds. The number of phenols is 2. The third-order valence-electron chi connectivity index (χ3n) is 7.40. The minimum atomic E-state index is -1.43. The number of H-pyrrole nitrogens is 1. The van der Waals surface area contributed by atoms with E-state index in [2.05, 4.69) is 26.3 Å². The van der Waals surface area contributed by atoms with Crippen LogP contribution >= 0.6 is 23.5 Å². The van der Waals surface area contributed by atoms with Crippen LogP contribution in [0.1, 0.15) is 31.2 Å². The van der Waals surface area contributed by atoms with Gasteiger partial charge in [-0.3, -0.25) is 38.4 Å². The number of nitrogens with two attached hydrogens (primary N) is 3. The number of phenolic OH excluding ortho intramolecular Hbond substituents is 2. The first-order valence-electron chi connectivity index (χ1n) is 16.0. The Bertz CT molecular complexity index is 1740. The summed E-state index contributed by atoms with van der Waals surface area (Å²) in [4.78, 5) is 98.2. The quantitative estimate of drug-likeness (QED) is 0.0372. The lowest BCUT2D eigenvalue weighted by atomic mass is 10.1. The molecule has 0 spiro atoms. The number of carboxylic acids is 4. The Hall–Kier alpha value is -5.30. The molecule has 0 unspecified atom stereocenters. The summed E-state index contributed by atoms with van der Waals surface area (Å²) in [5, 5.41) is 67.9. The number of carbonyl (C=O) groups is 8. The Morgan fingerprint density at radius 1 is 0.704 bits per heavy atom. The van der Waals surface area contributed by atoms with Crippen molar-refractivity contribution in [3.05, 3.63) is 11.8 Å². The number of aromatic hydroxyl groups is 2. The molecule has 0 saturated heterocycles. The lowest BCUT2D eigenvalue weighted by molar-refractivity contribution is -0.140. The van der Waals surface area contributed by atoms with Crippen molar-refractivity contribution in [1.29, 1.82) is 0 Å². The van der Waals surface area contributed by atoms with Crippen LogP contribution < -0.4 is 38.5 Å². The van der Waals surface area contributed by atoms with Gasteiger partial charge in [-0.2, -0.15) is 0 Å². The number of fused-ring (bicyclic) bond motifs is 1. The predicted octanol–water partition coefficient (Wildman–Crippen LogP) is -2.98. The molecule has 54 heavy (non-hydrogen) atoms. The zero-order valence-corrected chi connectivity index (χ0v) is 30.1. The molecule has 2 aromatic rings. The number of benzene rings is 1. The minimum absolute atomic E-state index is 0.00792. The Labute approximate surface area is 314 Å². The molecule has 0 saturated carbocycles. The number of carbonyl (C=O) groups excluding carboxylic acids is 4. The molecule has 0 bridgehead atoms. The average molecular weight is 803 g/mol. The fourth-order valence-corrected chi connectivity index (χ4v) is 6.90. The second-order valence-corrected chi connectivity index (χ2v) is 13.6. The zero-order chi connectivity index (χ0) is 40.7. The van der Waals surface area contributed by atoms with E-state index in [9.17, 15) is 48.6 Å². The lowest BCUT2D eigenvalue weighted by Crippen LogP contribution is -2.49. The number of hydrogen-bond donors (Lipinski definition) is 14. The van der Waals surface area contributed by atoms with Gasteiger partial charge in [-0.25, -0.2) is 0 Å². The summed E-state index contributed by atoms with van der Waals surface area (Å²) in [5.74, 6) is -11.0. The van der Waals surface area contributed by atoms with Gasteiger partial charge in [0.05, 0.1) is 15.3 Å². The molecule has 4 atom stereocenters. The first-order valence-corrected chi connectivity index (χ1v) is 17.9. The van der Waals surface area contributed by atoms with Gasteiger partial charge in [0.15, 0.2) is 11.5 Å². The summed E-state index contributed by atoms with van der Waals surface area (Å²) < 4.78 is 0. The van der Waals surface area contributed by atoms with Gasteiger partial charge in [-0.1, -0.05) is 0 Å². The molecule has 298 valence electrons. The number of amides is 4. The summed E-state index contributed by atoms with van der Waals surface area (Å²) in [7, 11) is 0. The van der Waals surface area contributed by atoms with E-state index >= 15 is 0 Å². The van der Waals surface area contributed by atoms with Gasteiger partial charge in [0.25, 0.3) is 0 Å². The summed E-state index contributed by atoms with van der Waals surface area (Å²) >= 11 is 1.57.